The van der Waals surface area contributed by atoms with Crippen LogP contribution in [0.1, 0.15) is 26.7 Å². The molecule has 0 radical (unpaired) electrons. The molecule has 1 N–H and O–H groups in total. The van der Waals surface area contributed by atoms with Crippen molar-refractivity contribution in [2.24, 2.45) is 0 Å². The van der Waals surface area contributed by atoms with Crippen molar-refractivity contribution in [3.8, 4) is 0 Å². The highest BCUT2D eigenvalue weighted by atomic mass is 16.4. The molecule has 2 heteroatoms. The number of carbonyl (C=O) groups is 1. The molecule has 2 nitrogen and oxygen atoms in total. The molecule has 0 spiro atoms. The van der Waals surface area contributed by atoms with Crippen molar-refractivity contribution in [2.45, 2.75) is 26.7 Å². The Bertz CT molecular complexity index is 190. The van der Waals surface area contributed by atoms with Gasteiger partial charge in [-0.05, 0) is 19.8 Å². The zero-order chi connectivity index (χ0) is 8.85. The van der Waals surface area contributed by atoms with Gasteiger partial charge in [0.15, 0.2) is 0 Å². The molecule has 0 aromatic rings. The van der Waals surface area contributed by atoms with Crippen LogP contribution in [0, 0.1) is 0 Å². The van der Waals surface area contributed by atoms with Crippen molar-refractivity contribution in [2.75, 3.05) is 0 Å². The highest BCUT2D eigenvalue weighted by molar-refractivity contribution is 5.87. The van der Waals surface area contributed by atoms with Crippen LogP contribution < -0.4 is 0 Å². The Labute approximate surface area is 67.2 Å². The maximum Gasteiger partial charge on any atom is 0.331 e. The zero-order valence-corrected chi connectivity index (χ0v) is 7.05. The van der Waals surface area contributed by atoms with Crippen molar-refractivity contribution < 1.29 is 9.90 Å². The molecule has 0 saturated carbocycles. The lowest BCUT2D eigenvalue weighted by Gasteiger charge is -2.02. The van der Waals surface area contributed by atoms with E-state index in [1.807, 2.05) is 13.8 Å². The molecule has 0 aliphatic carbocycles. The van der Waals surface area contributed by atoms with E-state index in [4.69, 9.17) is 5.11 Å². The standard InChI is InChI=1S/C9H14O2/c1-4-6-7(3)8(5-2)9(10)11/h4H,1,5-6H2,2-3H3,(H,10,11). The normalized spacial score (nSPS) is 12.2. The highest BCUT2D eigenvalue weighted by Crippen LogP contribution is 2.11. The molecule has 0 unspecified atom stereocenters. The molecule has 0 heterocycles. The van der Waals surface area contributed by atoms with Crippen molar-refractivity contribution in [3.63, 3.8) is 0 Å². The smallest absolute Gasteiger partial charge is 0.331 e. The quantitative estimate of drug-likeness (QED) is 0.498. The van der Waals surface area contributed by atoms with Gasteiger partial charge in [-0.2, -0.15) is 0 Å². The van der Waals surface area contributed by atoms with Gasteiger partial charge in [0.25, 0.3) is 0 Å². The Kier molecular flexibility index (Phi) is 4.27. The van der Waals surface area contributed by atoms with E-state index in [9.17, 15) is 4.79 Å². The minimum atomic E-state index is -0.813. The molecule has 0 aliphatic rings. The van der Waals surface area contributed by atoms with Gasteiger partial charge in [0, 0.05) is 5.57 Å². The summed E-state index contributed by atoms with van der Waals surface area (Å²) in [6, 6.07) is 0. The van der Waals surface area contributed by atoms with Gasteiger partial charge in [0.05, 0.1) is 0 Å². The van der Waals surface area contributed by atoms with E-state index in [2.05, 4.69) is 6.58 Å². The van der Waals surface area contributed by atoms with Crippen LogP contribution in [0.2, 0.25) is 0 Å². The van der Waals surface area contributed by atoms with Crippen LogP contribution in [0.4, 0.5) is 0 Å². The van der Waals surface area contributed by atoms with E-state index >= 15 is 0 Å². The van der Waals surface area contributed by atoms with Crippen LogP contribution in [0.5, 0.6) is 0 Å². The SMILES string of the molecule is C=CCC(C)=C(CC)C(=O)O. The summed E-state index contributed by atoms with van der Waals surface area (Å²) in [4.78, 5) is 10.6. The number of carboxylic acid groups (broad SMARTS) is 1. The second kappa shape index (κ2) is 4.72. The van der Waals surface area contributed by atoms with E-state index in [1.54, 1.807) is 6.08 Å². The molecule has 0 saturated heterocycles. The zero-order valence-electron chi connectivity index (χ0n) is 7.05. The maximum atomic E-state index is 10.6. The molecule has 0 aromatic heterocycles. The molecule has 0 aromatic carbocycles. The first kappa shape index (κ1) is 9.95. The molecule has 0 fully saturated rings. The summed E-state index contributed by atoms with van der Waals surface area (Å²) in [5.74, 6) is -0.813. The average molecular weight is 154 g/mol. The molecular weight excluding hydrogens is 140 g/mol. The van der Waals surface area contributed by atoms with Crippen LogP contribution in [-0.4, -0.2) is 11.1 Å². The fourth-order valence-corrected chi connectivity index (χ4v) is 0.975. The summed E-state index contributed by atoms with van der Waals surface area (Å²) in [5.41, 5.74) is 1.40. The summed E-state index contributed by atoms with van der Waals surface area (Å²) in [6.45, 7) is 7.22. The predicted octanol–water partition coefficient (Wildman–Crippen LogP) is 2.37. The molecule has 0 aliphatic heterocycles. The van der Waals surface area contributed by atoms with Crippen molar-refractivity contribution >= 4 is 5.97 Å². The predicted molar refractivity (Wildman–Crippen MR) is 45.4 cm³/mol. The maximum absolute atomic E-state index is 10.6. The van der Waals surface area contributed by atoms with E-state index < -0.39 is 5.97 Å². The summed E-state index contributed by atoms with van der Waals surface area (Å²) in [5, 5.41) is 8.68. The van der Waals surface area contributed by atoms with Crippen molar-refractivity contribution in [3.05, 3.63) is 23.8 Å². The van der Waals surface area contributed by atoms with Gasteiger partial charge in [-0.1, -0.05) is 18.6 Å². The molecule has 0 amide bonds. The van der Waals surface area contributed by atoms with Gasteiger partial charge in [0.2, 0.25) is 0 Å². The minimum Gasteiger partial charge on any atom is -0.478 e. The van der Waals surface area contributed by atoms with Crippen LogP contribution in [-0.2, 0) is 4.79 Å². The third kappa shape index (κ3) is 3.03. The van der Waals surface area contributed by atoms with Crippen molar-refractivity contribution in [1.82, 2.24) is 0 Å². The third-order valence-corrected chi connectivity index (χ3v) is 1.58. The molecule has 11 heavy (non-hydrogen) atoms. The molecule has 0 atom stereocenters. The van der Waals surface area contributed by atoms with Crippen molar-refractivity contribution in [1.29, 1.82) is 0 Å². The van der Waals surface area contributed by atoms with Crippen LogP contribution in [0.25, 0.3) is 0 Å². The van der Waals surface area contributed by atoms with Gasteiger partial charge < -0.3 is 5.11 Å². The summed E-state index contributed by atoms with van der Waals surface area (Å²) in [7, 11) is 0. The van der Waals surface area contributed by atoms with Gasteiger partial charge in [-0.3, -0.25) is 0 Å². The second-order valence-electron chi connectivity index (χ2n) is 2.41. The van der Waals surface area contributed by atoms with E-state index in [-0.39, 0.29) is 0 Å². The lowest BCUT2D eigenvalue weighted by Crippen LogP contribution is -2.01. The van der Waals surface area contributed by atoms with Gasteiger partial charge in [-0.15, -0.1) is 6.58 Å². The topological polar surface area (TPSA) is 37.3 Å². The Morgan fingerprint density at radius 1 is 1.64 bits per heavy atom. The fourth-order valence-electron chi connectivity index (χ4n) is 0.975. The minimum absolute atomic E-state index is 0.505. The van der Waals surface area contributed by atoms with Crippen LogP contribution in [0.3, 0.4) is 0 Å². The van der Waals surface area contributed by atoms with Gasteiger partial charge in [0.1, 0.15) is 0 Å². The highest BCUT2D eigenvalue weighted by Gasteiger charge is 2.06. The monoisotopic (exact) mass is 154 g/mol. The number of hydrogen-bond acceptors (Lipinski definition) is 1. The van der Waals surface area contributed by atoms with Crippen LogP contribution >= 0.6 is 0 Å². The van der Waals surface area contributed by atoms with E-state index in [1.165, 1.54) is 0 Å². The summed E-state index contributed by atoms with van der Waals surface area (Å²) < 4.78 is 0. The first-order chi connectivity index (χ1) is 5.13. The lowest BCUT2D eigenvalue weighted by molar-refractivity contribution is -0.132. The largest absolute Gasteiger partial charge is 0.478 e. The second-order valence-corrected chi connectivity index (χ2v) is 2.41. The Morgan fingerprint density at radius 2 is 2.18 bits per heavy atom. The fraction of sp³-hybridized carbons (Fsp3) is 0.444. The first-order valence-corrected chi connectivity index (χ1v) is 3.66. The lowest BCUT2D eigenvalue weighted by atomic mass is 10.1. The van der Waals surface area contributed by atoms with E-state index in [0.717, 1.165) is 5.57 Å². The van der Waals surface area contributed by atoms with E-state index in [0.29, 0.717) is 18.4 Å². The average Bonchev–Trinajstić information content (AvgIpc) is 1.88. The summed E-state index contributed by atoms with van der Waals surface area (Å²) in [6.07, 6.45) is 2.96. The van der Waals surface area contributed by atoms with Gasteiger partial charge in [-0.25, -0.2) is 4.79 Å². The molecule has 0 rings (SSSR count). The number of rotatable bonds is 4. The van der Waals surface area contributed by atoms with Crippen LogP contribution in [0.15, 0.2) is 23.8 Å². The Balaban J connectivity index is 4.52. The third-order valence-electron chi connectivity index (χ3n) is 1.58. The molecule has 62 valence electrons. The summed E-state index contributed by atoms with van der Waals surface area (Å²) >= 11 is 0. The number of carboxylic acids is 1. The number of allylic oxidation sites excluding steroid dienone is 2. The Morgan fingerprint density at radius 3 is 2.45 bits per heavy atom. The Hall–Kier alpha value is -1.05. The first-order valence-electron chi connectivity index (χ1n) is 3.66. The van der Waals surface area contributed by atoms with Gasteiger partial charge >= 0.3 is 5.97 Å². The number of hydrogen-bond donors (Lipinski definition) is 1. The molecular formula is C9H14O2. The number of aliphatic carboxylic acids is 1. The molecule has 0 bridgehead atoms.